The maximum absolute atomic E-state index is 5.28. The molecule has 2 aromatic heterocycles. The van der Waals surface area contributed by atoms with Crippen LogP contribution in [0.3, 0.4) is 0 Å². The molecule has 0 fully saturated rings. The molecule has 6 nitrogen and oxygen atoms in total. The van der Waals surface area contributed by atoms with Crippen LogP contribution in [-0.4, -0.2) is 29.2 Å². The van der Waals surface area contributed by atoms with Gasteiger partial charge in [0.25, 0.3) is 5.89 Å². The second-order valence-electron chi connectivity index (χ2n) is 6.02. The summed E-state index contributed by atoms with van der Waals surface area (Å²) in [6.45, 7) is 6.44. The summed E-state index contributed by atoms with van der Waals surface area (Å²) >= 11 is 1.73. The van der Waals surface area contributed by atoms with Crippen molar-refractivity contribution in [2.75, 3.05) is 13.1 Å². The van der Waals surface area contributed by atoms with Gasteiger partial charge in [-0.2, -0.15) is 4.98 Å². The van der Waals surface area contributed by atoms with Crippen LogP contribution in [0.15, 0.2) is 51.3 Å². The number of thiophene rings is 1. The van der Waals surface area contributed by atoms with E-state index < -0.39 is 0 Å². The van der Waals surface area contributed by atoms with Crippen molar-refractivity contribution < 1.29 is 4.52 Å². The molecule has 0 bridgehead atoms. The van der Waals surface area contributed by atoms with Gasteiger partial charge in [-0.15, -0.1) is 11.3 Å². The van der Waals surface area contributed by atoms with E-state index >= 15 is 0 Å². The van der Waals surface area contributed by atoms with Crippen molar-refractivity contribution in [2.45, 2.75) is 33.2 Å². The zero-order valence-corrected chi connectivity index (χ0v) is 16.6. The third-order valence-electron chi connectivity index (χ3n) is 4.01. The van der Waals surface area contributed by atoms with Crippen molar-refractivity contribution in [3.8, 4) is 11.5 Å². The maximum Gasteiger partial charge on any atom is 0.257 e. The Bertz CT molecular complexity index is 840. The molecule has 3 aromatic rings. The molecule has 0 radical (unpaired) electrons. The monoisotopic (exact) mass is 383 g/mol. The Morgan fingerprint density at radius 3 is 2.67 bits per heavy atom. The number of nitrogens with zero attached hydrogens (tertiary/aromatic N) is 3. The van der Waals surface area contributed by atoms with Crippen LogP contribution in [-0.2, 0) is 19.4 Å². The Morgan fingerprint density at radius 1 is 1.15 bits per heavy atom. The van der Waals surface area contributed by atoms with Crippen molar-refractivity contribution in [1.29, 1.82) is 0 Å². The topological polar surface area (TPSA) is 75.3 Å². The van der Waals surface area contributed by atoms with Crippen LogP contribution in [0.1, 0.15) is 30.1 Å². The standard InChI is InChI=1S/C20H25N5OS/c1-3-18-24-19(26-25-18)16-9-7-15(8-10-16)11-12-22-20(21-4-2)23-14-17-6-5-13-27-17/h5-10,13H,3-4,11-12,14H2,1-2H3,(H2,21,22,23). The number of aryl methyl sites for hydroxylation is 1. The first kappa shape index (κ1) is 19.1. The number of hydrogen-bond acceptors (Lipinski definition) is 5. The van der Waals surface area contributed by atoms with Gasteiger partial charge in [0.2, 0.25) is 0 Å². The van der Waals surface area contributed by atoms with Crippen molar-refractivity contribution >= 4 is 17.3 Å². The molecule has 7 heteroatoms. The van der Waals surface area contributed by atoms with Crippen LogP contribution >= 0.6 is 11.3 Å². The molecule has 3 rings (SSSR count). The third kappa shape index (κ3) is 5.65. The van der Waals surface area contributed by atoms with Gasteiger partial charge in [-0.25, -0.2) is 4.99 Å². The number of hydrogen-bond donors (Lipinski definition) is 2. The first-order valence-electron chi connectivity index (χ1n) is 9.25. The molecule has 0 spiro atoms. The smallest absolute Gasteiger partial charge is 0.257 e. The lowest BCUT2D eigenvalue weighted by atomic mass is 10.1. The molecule has 2 heterocycles. The number of nitrogens with one attached hydrogen (secondary N) is 2. The lowest BCUT2D eigenvalue weighted by Gasteiger charge is -2.11. The molecule has 0 aliphatic carbocycles. The zero-order valence-electron chi connectivity index (χ0n) is 15.7. The van der Waals surface area contributed by atoms with E-state index in [9.17, 15) is 0 Å². The van der Waals surface area contributed by atoms with Crippen molar-refractivity contribution in [1.82, 2.24) is 20.8 Å². The maximum atomic E-state index is 5.28. The highest BCUT2D eigenvalue weighted by Crippen LogP contribution is 2.18. The molecule has 1 aromatic carbocycles. The highest BCUT2D eigenvalue weighted by molar-refractivity contribution is 7.09. The van der Waals surface area contributed by atoms with Gasteiger partial charge in [0.15, 0.2) is 11.8 Å². The van der Waals surface area contributed by atoms with Crippen LogP contribution in [0.5, 0.6) is 0 Å². The van der Waals surface area contributed by atoms with Gasteiger partial charge in [0.1, 0.15) is 0 Å². The van der Waals surface area contributed by atoms with Crippen LogP contribution in [0.2, 0.25) is 0 Å². The largest absolute Gasteiger partial charge is 0.357 e. The summed E-state index contributed by atoms with van der Waals surface area (Å²) in [7, 11) is 0. The predicted molar refractivity (Wildman–Crippen MR) is 110 cm³/mol. The van der Waals surface area contributed by atoms with Gasteiger partial charge >= 0.3 is 0 Å². The van der Waals surface area contributed by atoms with Crippen LogP contribution < -0.4 is 10.6 Å². The fraction of sp³-hybridized carbons (Fsp3) is 0.350. The van der Waals surface area contributed by atoms with Crippen LogP contribution in [0.25, 0.3) is 11.5 Å². The van der Waals surface area contributed by atoms with E-state index in [1.807, 2.05) is 19.1 Å². The molecule has 27 heavy (non-hydrogen) atoms. The molecule has 0 atom stereocenters. The Morgan fingerprint density at radius 2 is 2.00 bits per heavy atom. The second kappa shape index (κ2) is 9.87. The first-order chi connectivity index (χ1) is 13.3. The van der Waals surface area contributed by atoms with Gasteiger partial charge in [-0.1, -0.05) is 30.3 Å². The number of rotatable bonds is 8. The van der Waals surface area contributed by atoms with Crippen molar-refractivity contribution in [2.24, 2.45) is 4.99 Å². The lowest BCUT2D eigenvalue weighted by Crippen LogP contribution is -2.38. The summed E-state index contributed by atoms with van der Waals surface area (Å²) in [5.74, 6) is 2.16. The molecule has 0 aliphatic heterocycles. The summed E-state index contributed by atoms with van der Waals surface area (Å²) in [6.07, 6.45) is 1.68. The van der Waals surface area contributed by atoms with E-state index in [-0.39, 0.29) is 0 Å². The average Bonchev–Trinajstić information content (AvgIpc) is 3.38. The van der Waals surface area contributed by atoms with Gasteiger partial charge in [-0.05, 0) is 42.5 Å². The van der Waals surface area contributed by atoms with Crippen molar-refractivity contribution in [3.05, 3.63) is 58.0 Å². The third-order valence-corrected chi connectivity index (χ3v) is 4.87. The van der Waals surface area contributed by atoms with Gasteiger partial charge in [0, 0.05) is 30.0 Å². The minimum Gasteiger partial charge on any atom is -0.357 e. The van der Waals surface area contributed by atoms with Crippen LogP contribution in [0, 0.1) is 0 Å². The molecule has 0 saturated heterocycles. The van der Waals surface area contributed by atoms with Gasteiger partial charge in [0.05, 0.1) is 6.54 Å². The normalized spacial score (nSPS) is 11.6. The Labute approximate surface area is 163 Å². The predicted octanol–water partition coefficient (Wildman–Crippen LogP) is 3.66. The minimum atomic E-state index is 0.576. The number of aliphatic imine (C=N–C) groups is 1. The number of benzene rings is 1. The molecule has 142 valence electrons. The molecule has 0 unspecified atom stereocenters. The molecule has 0 aliphatic rings. The van der Waals surface area contributed by atoms with E-state index in [1.54, 1.807) is 11.3 Å². The van der Waals surface area contributed by atoms with Crippen LogP contribution in [0.4, 0.5) is 0 Å². The number of guanidine groups is 1. The highest BCUT2D eigenvalue weighted by atomic mass is 32.1. The van der Waals surface area contributed by atoms with E-state index in [0.29, 0.717) is 12.4 Å². The van der Waals surface area contributed by atoms with E-state index in [4.69, 9.17) is 4.52 Å². The molecular weight excluding hydrogens is 358 g/mol. The highest BCUT2D eigenvalue weighted by Gasteiger charge is 2.07. The number of aromatic nitrogens is 2. The Hall–Kier alpha value is -2.67. The molecule has 0 amide bonds. The summed E-state index contributed by atoms with van der Waals surface area (Å²) < 4.78 is 5.28. The molecule has 2 N–H and O–H groups in total. The fourth-order valence-corrected chi connectivity index (χ4v) is 3.18. The second-order valence-corrected chi connectivity index (χ2v) is 7.05. The van der Waals surface area contributed by atoms with E-state index in [0.717, 1.165) is 43.3 Å². The van der Waals surface area contributed by atoms with Gasteiger partial charge in [-0.3, -0.25) is 0 Å². The Kier molecular flexibility index (Phi) is 6.98. The average molecular weight is 384 g/mol. The molecular formula is C20H25N5OS. The zero-order chi connectivity index (χ0) is 18.9. The fourth-order valence-electron chi connectivity index (χ4n) is 2.56. The summed E-state index contributed by atoms with van der Waals surface area (Å²) in [6, 6.07) is 12.4. The SMILES string of the molecule is CCNC(=NCc1cccs1)NCCc1ccc(-c2nc(CC)no2)cc1. The van der Waals surface area contributed by atoms with Gasteiger partial charge < -0.3 is 15.2 Å². The lowest BCUT2D eigenvalue weighted by molar-refractivity contribution is 0.423. The summed E-state index contributed by atoms with van der Waals surface area (Å²) in [5, 5.41) is 12.7. The van der Waals surface area contributed by atoms with Crippen molar-refractivity contribution in [3.63, 3.8) is 0 Å². The molecule has 0 saturated carbocycles. The van der Waals surface area contributed by atoms with E-state index in [2.05, 4.69) is 62.3 Å². The quantitative estimate of drug-likeness (QED) is 0.459. The summed E-state index contributed by atoms with van der Waals surface area (Å²) in [4.78, 5) is 10.3. The first-order valence-corrected chi connectivity index (χ1v) is 10.1. The Balaban J connectivity index is 1.51. The van der Waals surface area contributed by atoms with E-state index in [1.165, 1.54) is 10.4 Å². The summed E-state index contributed by atoms with van der Waals surface area (Å²) in [5.41, 5.74) is 2.19. The minimum absolute atomic E-state index is 0.576.